The zero-order valence-corrected chi connectivity index (χ0v) is 15.6. The van der Waals surface area contributed by atoms with Gasteiger partial charge in [0, 0.05) is 37.7 Å². The number of pyridine rings is 1. The van der Waals surface area contributed by atoms with Crippen LogP contribution in [0.4, 0.5) is 20.7 Å². The Morgan fingerprint density at radius 2 is 2.04 bits per heavy atom. The molecule has 5 rings (SSSR count). The summed E-state index contributed by atoms with van der Waals surface area (Å²) in [6.07, 6.45) is 1.24. The van der Waals surface area contributed by atoms with Crippen LogP contribution in [0.5, 0.6) is 11.5 Å². The van der Waals surface area contributed by atoms with Crippen molar-refractivity contribution in [2.75, 3.05) is 56.2 Å². The number of urea groups is 1. The third-order valence-electron chi connectivity index (χ3n) is 5.67. The number of anilines is 2. The van der Waals surface area contributed by atoms with Crippen molar-refractivity contribution in [3.05, 3.63) is 42.3 Å². The van der Waals surface area contributed by atoms with E-state index in [0.29, 0.717) is 24.7 Å². The summed E-state index contributed by atoms with van der Waals surface area (Å²) < 4.78 is 23.9. The first kappa shape index (κ1) is 17.1. The summed E-state index contributed by atoms with van der Waals surface area (Å²) in [7, 11) is 1.61. The van der Waals surface area contributed by atoms with Crippen LogP contribution in [0.2, 0.25) is 0 Å². The lowest BCUT2D eigenvalue weighted by Gasteiger charge is -2.60. The maximum Gasteiger partial charge on any atom is 0.324 e. The van der Waals surface area contributed by atoms with Crippen LogP contribution in [0, 0.1) is 11.2 Å². The first-order chi connectivity index (χ1) is 13.6. The first-order valence-corrected chi connectivity index (χ1v) is 9.31. The molecule has 28 heavy (non-hydrogen) atoms. The van der Waals surface area contributed by atoms with Crippen LogP contribution in [0.3, 0.4) is 0 Å². The fourth-order valence-electron chi connectivity index (χ4n) is 4.28. The van der Waals surface area contributed by atoms with Crippen LogP contribution in [-0.4, -0.2) is 62.4 Å². The maximum absolute atomic E-state index is 13.0. The highest BCUT2D eigenvalue weighted by Crippen LogP contribution is 2.43. The third kappa shape index (κ3) is 2.71. The molecule has 0 aliphatic carbocycles. The number of ether oxygens (including phenoxy) is 2. The molecule has 146 valence electrons. The molecule has 2 aromatic rings. The second-order valence-corrected chi connectivity index (χ2v) is 7.66. The molecule has 2 fully saturated rings. The molecule has 4 heterocycles. The third-order valence-corrected chi connectivity index (χ3v) is 5.67. The Balaban J connectivity index is 1.22. The van der Waals surface area contributed by atoms with Crippen molar-refractivity contribution in [2.45, 2.75) is 0 Å². The van der Waals surface area contributed by atoms with E-state index in [9.17, 15) is 9.18 Å². The lowest BCUT2D eigenvalue weighted by Crippen LogP contribution is -2.74. The van der Waals surface area contributed by atoms with E-state index >= 15 is 0 Å². The van der Waals surface area contributed by atoms with E-state index < -0.39 is 0 Å². The summed E-state index contributed by atoms with van der Waals surface area (Å²) in [5, 5.41) is 0. The highest BCUT2D eigenvalue weighted by atomic mass is 19.1. The number of rotatable bonds is 2. The fraction of sp³-hybridized carbons (Fsp3) is 0.400. The second kappa shape index (κ2) is 6.25. The molecule has 1 aromatic heterocycles. The van der Waals surface area contributed by atoms with Gasteiger partial charge in [0.25, 0.3) is 0 Å². The maximum atomic E-state index is 13.0. The number of hydrogen-bond acceptors (Lipinski definition) is 5. The van der Waals surface area contributed by atoms with Gasteiger partial charge < -0.3 is 19.3 Å². The van der Waals surface area contributed by atoms with Gasteiger partial charge in [-0.1, -0.05) is 0 Å². The zero-order chi connectivity index (χ0) is 19.3. The van der Waals surface area contributed by atoms with Crippen molar-refractivity contribution in [1.29, 1.82) is 0 Å². The summed E-state index contributed by atoms with van der Waals surface area (Å²) in [4.78, 5) is 22.9. The molecule has 0 radical (unpaired) electrons. The molecule has 0 bridgehead atoms. The predicted molar refractivity (Wildman–Crippen MR) is 102 cm³/mol. The van der Waals surface area contributed by atoms with Crippen LogP contribution in [-0.2, 0) is 0 Å². The number of nitrogens with zero attached hydrogens (tertiary/aromatic N) is 4. The second-order valence-electron chi connectivity index (χ2n) is 7.66. The highest BCUT2D eigenvalue weighted by Gasteiger charge is 2.54. The van der Waals surface area contributed by atoms with Crippen molar-refractivity contribution in [3.63, 3.8) is 0 Å². The fourth-order valence-corrected chi connectivity index (χ4v) is 4.28. The first-order valence-electron chi connectivity index (χ1n) is 9.31. The molecule has 0 N–H and O–H groups in total. The molecule has 0 atom stereocenters. The summed E-state index contributed by atoms with van der Waals surface area (Å²) in [6, 6.07) is 8.65. The minimum Gasteiger partial charge on any atom is -0.497 e. The summed E-state index contributed by atoms with van der Waals surface area (Å²) in [6.45, 7) is 4.14. The number of hydrogen-bond donors (Lipinski definition) is 0. The average Bonchev–Trinajstić information content (AvgIpc) is 2.66. The minimum atomic E-state index is -0.331. The number of fused-ring (bicyclic) bond motifs is 1. The molecule has 2 saturated heterocycles. The van der Waals surface area contributed by atoms with Gasteiger partial charge in [-0.3, -0.25) is 4.90 Å². The van der Waals surface area contributed by atoms with Crippen molar-refractivity contribution >= 4 is 17.5 Å². The van der Waals surface area contributed by atoms with Crippen LogP contribution in [0.1, 0.15) is 0 Å². The monoisotopic (exact) mass is 384 g/mol. The van der Waals surface area contributed by atoms with E-state index in [1.807, 2.05) is 23.1 Å². The van der Waals surface area contributed by atoms with Gasteiger partial charge in [0.15, 0.2) is 0 Å². The van der Waals surface area contributed by atoms with E-state index in [1.165, 1.54) is 12.3 Å². The van der Waals surface area contributed by atoms with Gasteiger partial charge in [0.05, 0.1) is 25.5 Å². The Bertz CT molecular complexity index is 906. The number of amides is 2. The Kier molecular flexibility index (Phi) is 3.82. The molecule has 2 amide bonds. The predicted octanol–water partition coefficient (Wildman–Crippen LogP) is 2.37. The van der Waals surface area contributed by atoms with E-state index in [-0.39, 0.29) is 17.3 Å². The number of aromatic nitrogens is 1. The quantitative estimate of drug-likeness (QED) is 0.796. The Morgan fingerprint density at radius 1 is 1.21 bits per heavy atom. The Labute approximate surface area is 162 Å². The van der Waals surface area contributed by atoms with Crippen molar-refractivity contribution in [1.82, 2.24) is 9.88 Å². The van der Waals surface area contributed by atoms with Crippen LogP contribution >= 0.6 is 0 Å². The molecule has 1 spiro atoms. The Hall–Kier alpha value is -3.03. The average molecular weight is 384 g/mol. The lowest BCUT2D eigenvalue weighted by atomic mass is 9.73. The molecule has 3 aliphatic rings. The van der Waals surface area contributed by atoms with Gasteiger partial charge in [-0.05, 0) is 24.3 Å². The van der Waals surface area contributed by atoms with Gasteiger partial charge in [0.1, 0.15) is 29.7 Å². The van der Waals surface area contributed by atoms with E-state index in [1.54, 1.807) is 18.1 Å². The van der Waals surface area contributed by atoms with Gasteiger partial charge >= 0.3 is 6.03 Å². The van der Waals surface area contributed by atoms with Gasteiger partial charge in [-0.2, -0.15) is 0 Å². The normalized spacial score (nSPS) is 19.4. The van der Waals surface area contributed by atoms with Gasteiger partial charge in [-0.25, -0.2) is 14.2 Å². The number of carbonyl (C=O) groups is 1. The number of methoxy groups -OCH3 is 1. The molecule has 8 heteroatoms. The molecule has 1 aromatic carbocycles. The van der Waals surface area contributed by atoms with Crippen LogP contribution in [0.15, 0.2) is 36.5 Å². The SMILES string of the molecule is COc1ccc2c(c1)OCCN2C(=O)N1CC2(C1)CN(c1ccc(F)cn1)C2. The van der Waals surface area contributed by atoms with Crippen molar-refractivity contribution < 1.29 is 18.7 Å². The molecule has 3 aliphatic heterocycles. The summed E-state index contributed by atoms with van der Waals surface area (Å²) in [5.74, 6) is 1.84. The van der Waals surface area contributed by atoms with E-state index in [2.05, 4.69) is 9.88 Å². The van der Waals surface area contributed by atoms with Crippen molar-refractivity contribution in [3.8, 4) is 11.5 Å². The van der Waals surface area contributed by atoms with Gasteiger partial charge in [0.2, 0.25) is 0 Å². The number of likely N-dealkylation sites (tertiary alicyclic amines) is 1. The molecular formula is C20H21FN4O3. The molecule has 0 unspecified atom stereocenters. The van der Waals surface area contributed by atoms with Crippen LogP contribution < -0.4 is 19.3 Å². The zero-order valence-electron chi connectivity index (χ0n) is 15.6. The smallest absolute Gasteiger partial charge is 0.324 e. The van der Waals surface area contributed by atoms with Crippen LogP contribution in [0.25, 0.3) is 0 Å². The number of halogens is 1. The van der Waals surface area contributed by atoms with Crippen molar-refractivity contribution in [2.24, 2.45) is 5.41 Å². The summed E-state index contributed by atoms with van der Waals surface area (Å²) in [5.41, 5.74) is 0.907. The standard InChI is InChI=1S/C20H21FN4O3/c1-27-15-3-4-16-17(8-15)28-7-6-25(16)19(26)24-12-20(13-24)10-23(11-20)18-5-2-14(21)9-22-18/h2-5,8-9H,6-7,10-13H2,1H3. The lowest BCUT2D eigenvalue weighted by molar-refractivity contribution is 0.00928. The number of carbonyl (C=O) groups excluding carboxylic acids is 1. The van der Waals surface area contributed by atoms with Gasteiger partial charge in [-0.15, -0.1) is 0 Å². The number of benzene rings is 1. The highest BCUT2D eigenvalue weighted by molar-refractivity contribution is 5.95. The van der Waals surface area contributed by atoms with E-state index in [0.717, 1.165) is 37.7 Å². The Morgan fingerprint density at radius 3 is 2.75 bits per heavy atom. The minimum absolute atomic E-state index is 0.0127. The van der Waals surface area contributed by atoms with E-state index in [4.69, 9.17) is 9.47 Å². The summed E-state index contributed by atoms with van der Waals surface area (Å²) >= 11 is 0. The topological polar surface area (TPSA) is 58.1 Å². The molecular weight excluding hydrogens is 363 g/mol. The molecule has 0 saturated carbocycles. The molecule has 7 nitrogen and oxygen atoms in total. The largest absolute Gasteiger partial charge is 0.497 e.